The zero-order chi connectivity index (χ0) is 37.8. The number of hydrogen-bond acceptors (Lipinski definition) is 4. The van der Waals surface area contributed by atoms with Crippen LogP contribution in [0, 0.1) is 0 Å². The van der Waals surface area contributed by atoms with E-state index in [1.54, 1.807) is 0 Å². The van der Waals surface area contributed by atoms with Gasteiger partial charge in [-0.2, -0.15) is 0 Å². The van der Waals surface area contributed by atoms with E-state index in [1.807, 2.05) is 24.3 Å². The van der Waals surface area contributed by atoms with Crippen LogP contribution in [-0.4, -0.2) is 9.97 Å². The third-order valence-electron chi connectivity index (χ3n) is 12.2. The summed E-state index contributed by atoms with van der Waals surface area (Å²) in [5, 5.41) is 0. The Labute approximate surface area is 327 Å². The van der Waals surface area contributed by atoms with Gasteiger partial charge in [-0.05, 0) is 74.8 Å². The lowest BCUT2D eigenvalue weighted by atomic mass is 9.82. The number of ether oxygens (including phenoxy) is 2. The highest BCUT2D eigenvalue weighted by Gasteiger charge is 2.40. The van der Waals surface area contributed by atoms with Gasteiger partial charge in [-0.15, -0.1) is 0 Å². The molecule has 0 bridgehead atoms. The van der Waals surface area contributed by atoms with Crippen molar-refractivity contribution in [3.05, 3.63) is 180 Å². The molecule has 0 spiro atoms. The molecule has 8 aromatic rings. The fourth-order valence-corrected chi connectivity index (χ4v) is 9.24. The van der Waals surface area contributed by atoms with Crippen LogP contribution in [0.25, 0.3) is 67.3 Å². The normalized spacial score (nSPS) is 14.6. The van der Waals surface area contributed by atoms with E-state index in [1.165, 1.54) is 38.9 Å². The van der Waals surface area contributed by atoms with Gasteiger partial charge in [0.15, 0.2) is 28.8 Å². The van der Waals surface area contributed by atoms with Crippen LogP contribution in [0.5, 0.6) is 23.0 Å². The SMILES string of the molecule is CC1(C)c2ccccc2-c2ccc(-c3cc(-c4ccccc4)nc(-c4cccc(-c5cccc6c5Oc5c(ccc7c5-c5ccccc5C7(C)C)O6)c4)n3)cc21. The summed E-state index contributed by atoms with van der Waals surface area (Å²) in [6.07, 6.45) is 0. The van der Waals surface area contributed by atoms with Gasteiger partial charge in [0.25, 0.3) is 0 Å². The molecule has 0 amide bonds. The molecule has 0 unspecified atom stereocenters. The molecule has 0 N–H and O–H groups in total. The van der Waals surface area contributed by atoms with Crippen LogP contribution in [0.1, 0.15) is 49.9 Å². The molecule has 0 radical (unpaired) electrons. The predicted molar refractivity (Wildman–Crippen MR) is 225 cm³/mol. The van der Waals surface area contributed by atoms with Crippen molar-refractivity contribution in [2.24, 2.45) is 0 Å². The van der Waals surface area contributed by atoms with E-state index in [9.17, 15) is 0 Å². The van der Waals surface area contributed by atoms with Gasteiger partial charge in [0, 0.05) is 38.6 Å². The third-order valence-corrected chi connectivity index (χ3v) is 12.2. The van der Waals surface area contributed by atoms with Crippen LogP contribution in [0.2, 0.25) is 0 Å². The Kier molecular flexibility index (Phi) is 6.91. The zero-order valence-corrected chi connectivity index (χ0v) is 31.7. The lowest BCUT2D eigenvalue weighted by Crippen LogP contribution is -2.15. The van der Waals surface area contributed by atoms with Gasteiger partial charge in [-0.1, -0.05) is 155 Å². The topological polar surface area (TPSA) is 44.2 Å². The largest absolute Gasteiger partial charge is 0.449 e. The van der Waals surface area contributed by atoms with E-state index in [2.05, 4.69) is 161 Å². The smallest absolute Gasteiger partial charge is 0.178 e. The summed E-state index contributed by atoms with van der Waals surface area (Å²) in [6, 6.07) is 55.5. The van der Waals surface area contributed by atoms with Crippen LogP contribution in [-0.2, 0) is 10.8 Å². The molecule has 56 heavy (non-hydrogen) atoms. The van der Waals surface area contributed by atoms with E-state index in [4.69, 9.17) is 19.4 Å². The number of benzene rings is 7. The van der Waals surface area contributed by atoms with Gasteiger partial charge in [-0.3, -0.25) is 0 Å². The highest BCUT2D eigenvalue weighted by Crippen LogP contribution is 2.59. The highest BCUT2D eigenvalue weighted by molar-refractivity contribution is 5.89. The van der Waals surface area contributed by atoms with Crippen LogP contribution in [0.3, 0.4) is 0 Å². The van der Waals surface area contributed by atoms with Crippen molar-refractivity contribution >= 4 is 0 Å². The second-order valence-corrected chi connectivity index (χ2v) is 16.2. The maximum absolute atomic E-state index is 6.98. The molecule has 1 aliphatic heterocycles. The molecular weight excluding hydrogens is 685 g/mol. The average molecular weight is 723 g/mol. The molecular formula is C52H38N2O2. The summed E-state index contributed by atoms with van der Waals surface area (Å²) in [7, 11) is 0. The van der Waals surface area contributed by atoms with Gasteiger partial charge >= 0.3 is 0 Å². The second-order valence-electron chi connectivity index (χ2n) is 16.2. The molecule has 0 saturated carbocycles. The molecule has 11 rings (SSSR count). The minimum absolute atomic E-state index is 0.116. The number of para-hydroxylation sites is 1. The van der Waals surface area contributed by atoms with Crippen molar-refractivity contribution in [3.63, 3.8) is 0 Å². The van der Waals surface area contributed by atoms with Gasteiger partial charge in [0.2, 0.25) is 0 Å². The Hall–Kier alpha value is -6.78. The first-order valence-electron chi connectivity index (χ1n) is 19.3. The summed E-state index contributed by atoms with van der Waals surface area (Å²) in [5.74, 6) is 3.55. The monoisotopic (exact) mass is 722 g/mol. The fourth-order valence-electron chi connectivity index (χ4n) is 9.24. The van der Waals surface area contributed by atoms with E-state index in [-0.39, 0.29) is 10.8 Å². The van der Waals surface area contributed by atoms with E-state index < -0.39 is 0 Å². The molecule has 4 heteroatoms. The standard InChI is InChI=1S/C52H38N2O2/c1-51(2)40-22-11-9-19-38(40)47-41(51)26-27-46-49(47)56-48-35(20-13-23-45(48)55-46)32-16-12-17-34(28-32)50-53-43(31-14-6-5-7-15-31)30-44(54-50)33-24-25-37-36-18-8-10-21-39(36)52(3,4)42(37)29-33/h5-30H,1-4H3. The Morgan fingerprint density at radius 2 is 0.982 bits per heavy atom. The Bertz CT molecular complexity index is 2920. The Balaban J connectivity index is 1.02. The molecule has 2 aliphatic carbocycles. The molecule has 3 aliphatic rings. The van der Waals surface area contributed by atoms with Gasteiger partial charge in [0.05, 0.1) is 11.4 Å². The van der Waals surface area contributed by atoms with Crippen molar-refractivity contribution in [1.29, 1.82) is 0 Å². The fraction of sp³-hybridized carbons (Fsp3) is 0.115. The minimum Gasteiger partial charge on any atom is -0.449 e. The van der Waals surface area contributed by atoms with Gasteiger partial charge in [-0.25, -0.2) is 9.97 Å². The van der Waals surface area contributed by atoms with Crippen molar-refractivity contribution in [1.82, 2.24) is 9.97 Å². The lowest BCUT2D eigenvalue weighted by Gasteiger charge is -2.26. The summed E-state index contributed by atoms with van der Waals surface area (Å²) < 4.78 is 13.6. The Morgan fingerprint density at radius 3 is 1.80 bits per heavy atom. The number of hydrogen-bond donors (Lipinski definition) is 0. The maximum atomic E-state index is 6.98. The van der Waals surface area contributed by atoms with Crippen LogP contribution < -0.4 is 9.47 Å². The van der Waals surface area contributed by atoms with E-state index in [0.717, 1.165) is 56.3 Å². The highest BCUT2D eigenvalue weighted by atomic mass is 16.6. The van der Waals surface area contributed by atoms with Crippen molar-refractivity contribution in [2.45, 2.75) is 38.5 Å². The molecule has 0 saturated heterocycles. The predicted octanol–water partition coefficient (Wildman–Crippen LogP) is 13.7. The molecule has 0 fully saturated rings. The quantitative estimate of drug-likeness (QED) is 0.181. The molecule has 4 nitrogen and oxygen atoms in total. The zero-order valence-electron chi connectivity index (χ0n) is 31.7. The maximum Gasteiger partial charge on any atom is 0.178 e. The van der Waals surface area contributed by atoms with Crippen LogP contribution in [0.15, 0.2) is 158 Å². The first-order chi connectivity index (χ1) is 27.3. The van der Waals surface area contributed by atoms with Crippen LogP contribution in [0.4, 0.5) is 0 Å². The number of nitrogens with zero attached hydrogens (tertiary/aromatic N) is 2. The second kappa shape index (κ2) is 11.9. The van der Waals surface area contributed by atoms with Crippen molar-refractivity contribution < 1.29 is 9.47 Å². The lowest BCUT2D eigenvalue weighted by molar-refractivity contribution is 0.361. The average Bonchev–Trinajstić information content (AvgIpc) is 3.62. The summed E-state index contributed by atoms with van der Waals surface area (Å²) in [5.41, 5.74) is 16.6. The Morgan fingerprint density at radius 1 is 0.375 bits per heavy atom. The molecule has 7 aromatic carbocycles. The first-order valence-corrected chi connectivity index (χ1v) is 19.3. The summed E-state index contributed by atoms with van der Waals surface area (Å²) >= 11 is 0. The van der Waals surface area contributed by atoms with Gasteiger partial charge in [0.1, 0.15) is 0 Å². The third kappa shape index (κ3) is 4.78. The molecule has 2 heterocycles. The van der Waals surface area contributed by atoms with Crippen molar-refractivity contribution in [2.75, 3.05) is 0 Å². The van der Waals surface area contributed by atoms with Crippen molar-refractivity contribution in [3.8, 4) is 90.3 Å². The molecule has 1 aromatic heterocycles. The molecule has 0 atom stereocenters. The number of rotatable bonds is 4. The number of fused-ring (bicyclic) bond motifs is 9. The summed E-state index contributed by atoms with van der Waals surface area (Å²) in [4.78, 5) is 10.5. The van der Waals surface area contributed by atoms with Gasteiger partial charge < -0.3 is 9.47 Å². The van der Waals surface area contributed by atoms with E-state index in [0.29, 0.717) is 17.3 Å². The first kappa shape index (κ1) is 32.6. The minimum atomic E-state index is -0.146. The van der Waals surface area contributed by atoms with Crippen LogP contribution >= 0.6 is 0 Å². The molecule has 268 valence electrons. The number of aromatic nitrogens is 2. The summed E-state index contributed by atoms with van der Waals surface area (Å²) in [6.45, 7) is 9.19. The van der Waals surface area contributed by atoms with E-state index >= 15 is 0 Å².